The van der Waals surface area contributed by atoms with Crippen LogP contribution >= 0.6 is 0 Å². The zero-order chi connectivity index (χ0) is 27.0. The molecule has 1 atom stereocenters. The topological polar surface area (TPSA) is 105 Å². The third-order valence-corrected chi connectivity index (χ3v) is 7.95. The van der Waals surface area contributed by atoms with Crippen molar-refractivity contribution >= 4 is 15.7 Å². The lowest BCUT2D eigenvalue weighted by Crippen LogP contribution is -2.44. The van der Waals surface area contributed by atoms with Crippen LogP contribution in [0.15, 0.2) is 76.8 Å². The van der Waals surface area contributed by atoms with Gasteiger partial charge in [0.25, 0.3) is 5.92 Å². The summed E-state index contributed by atoms with van der Waals surface area (Å²) in [7, 11) is -3.42. The normalized spacial score (nSPS) is 19.4. The Hall–Kier alpha value is -3.84. The van der Waals surface area contributed by atoms with E-state index in [9.17, 15) is 22.0 Å². The van der Waals surface area contributed by atoms with E-state index in [1.54, 1.807) is 29.9 Å². The molecule has 10 heteroatoms. The second-order valence-electron chi connectivity index (χ2n) is 9.35. The van der Waals surface area contributed by atoms with Crippen LogP contribution in [-0.2, 0) is 20.0 Å². The summed E-state index contributed by atoms with van der Waals surface area (Å²) in [4.78, 5) is 13.3. The van der Waals surface area contributed by atoms with E-state index in [0.29, 0.717) is 16.8 Å². The molecule has 1 unspecified atom stereocenters. The smallest absolute Gasteiger partial charge is 0.269 e. The van der Waals surface area contributed by atoms with E-state index in [1.807, 2.05) is 36.4 Å². The van der Waals surface area contributed by atoms with E-state index in [2.05, 4.69) is 5.32 Å². The SMILES string of the molecule is CC1=C(C(=O)NCC#N)C(C)(c2nn(-c3ccccc3)cc2-c2ccc(S(C)(=O)=O)cc2)CCC1(F)F. The minimum atomic E-state index is -3.42. The maximum absolute atomic E-state index is 14.9. The van der Waals surface area contributed by atoms with Crippen molar-refractivity contribution in [3.05, 3.63) is 77.6 Å². The molecular weight excluding hydrogens is 498 g/mol. The van der Waals surface area contributed by atoms with Crippen LogP contribution in [-0.4, -0.2) is 42.8 Å². The third kappa shape index (κ3) is 4.91. The number of hydrogen-bond acceptors (Lipinski definition) is 5. The summed E-state index contributed by atoms with van der Waals surface area (Å²) >= 11 is 0. The van der Waals surface area contributed by atoms with Crippen LogP contribution in [0.5, 0.6) is 0 Å². The van der Waals surface area contributed by atoms with Gasteiger partial charge in [0.1, 0.15) is 6.54 Å². The average molecular weight is 525 g/mol. The number of carbonyl (C=O) groups is 1. The van der Waals surface area contributed by atoms with E-state index >= 15 is 0 Å². The summed E-state index contributed by atoms with van der Waals surface area (Å²) in [5.41, 5.74) is 0.642. The van der Waals surface area contributed by atoms with Crippen molar-refractivity contribution in [3.8, 4) is 22.9 Å². The second kappa shape index (κ2) is 9.56. The van der Waals surface area contributed by atoms with E-state index in [1.165, 1.54) is 19.1 Å². The molecular formula is C27H26F2N4O3S. The molecule has 3 aromatic rings. The fourth-order valence-corrected chi connectivity index (χ4v) is 5.40. The third-order valence-electron chi connectivity index (χ3n) is 6.82. The van der Waals surface area contributed by atoms with Gasteiger partial charge in [-0.15, -0.1) is 0 Å². The molecule has 2 aromatic carbocycles. The molecule has 0 fully saturated rings. The number of sulfone groups is 1. The number of rotatable bonds is 6. The molecule has 1 N–H and O–H groups in total. The minimum Gasteiger partial charge on any atom is -0.339 e. The molecule has 1 aliphatic carbocycles. The van der Waals surface area contributed by atoms with Gasteiger partial charge in [-0.05, 0) is 50.1 Å². The number of alkyl halides is 2. The molecule has 37 heavy (non-hydrogen) atoms. The van der Waals surface area contributed by atoms with Crippen molar-refractivity contribution in [3.63, 3.8) is 0 Å². The van der Waals surface area contributed by atoms with Crippen LogP contribution in [0.2, 0.25) is 0 Å². The molecule has 0 bridgehead atoms. The zero-order valence-electron chi connectivity index (χ0n) is 20.6. The summed E-state index contributed by atoms with van der Waals surface area (Å²) in [5.74, 6) is -3.92. The molecule has 0 aliphatic heterocycles. The number of nitriles is 1. The molecule has 0 saturated heterocycles. The highest BCUT2D eigenvalue weighted by atomic mass is 32.2. The summed E-state index contributed by atoms with van der Waals surface area (Å²) in [6, 6.07) is 17.3. The summed E-state index contributed by atoms with van der Waals surface area (Å²) in [5, 5.41) is 16.2. The first kappa shape index (κ1) is 26.2. The Morgan fingerprint density at radius 2 is 1.78 bits per heavy atom. The highest BCUT2D eigenvalue weighted by Crippen LogP contribution is 2.50. The van der Waals surface area contributed by atoms with Gasteiger partial charge in [-0.1, -0.05) is 30.3 Å². The number of nitrogens with zero attached hydrogens (tertiary/aromatic N) is 3. The minimum absolute atomic E-state index is 0.0626. The van der Waals surface area contributed by atoms with Gasteiger partial charge in [0.2, 0.25) is 5.91 Å². The van der Waals surface area contributed by atoms with Gasteiger partial charge in [-0.2, -0.15) is 10.4 Å². The lowest BCUT2D eigenvalue weighted by molar-refractivity contribution is -0.118. The largest absolute Gasteiger partial charge is 0.339 e. The van der Waals surface area contributed by atoms with Crippen LogP contribution in [0.4, 0.5) is 8.78 Å². The van der Waals surface area contributed by atoms with Gasteiger partial charge in [-0.25, -0.2) is 21.9 Å². The van der Waals surface area contributed by atoms with Crippen LogP contribution in [0, 0.1) is 11.3 Å². The van der Waals surface area contributed by atoms with Gasteiger partial charge in [0.05, 0.1) is 22.3 Å². The molecule has 0 radical (unpaired) electrons. The predicted molar refractivity (Wildman–Crippen MR) is 135 cm³/mol. The van der Waals surface area contributed by atoms with E-state index in [0.717, 1.165) is 11.9 Å². The molecule has 192 valence electrons. The predicted octanol–water partition coefficient (Wildman–Crippen LogP) is 4.59. The number of allylic oxidation sites excluding steroid dienone is 1. The second-order valence-corrected chi connectivity index (χ2v) is 11.4. The lowest BCUT2D eigenvalue weighted by atomic mass is 9.66. The van der Waals surface area contributed by atoms with Crippen molar-refractivity contribution in [1.29, 1.82) is 5.26 Å². The standard InChI is InChI=1S/C27H26F2N4O3S/c1-18-23(25(34)31-16-15-30)26(2,13-14-27(18,28)29)24-22(17-33(32-24)20-7-5-4-6-8-20)19-9-11-21(12-10-19)37(3,35)36/h4-12,17H,13-14,16H2,1-3H3,(H,31,34). The Labute approximate surface area is 214 Å². The Kier molecular flexibility index (Phi) is 6.78. The summed E-state index contributed by atoms with van der Waals surface area (Å²) < 4.78 is 55.3. The van der Waals surface area contributed by atoms with Crippen molar-refractivity contribution in [2.24, 2.45) is 0 Å². The highest BCUT2D eigenvalue weighted by molar-refractivity contribution is 7.90. The fourth-order valence-electron chi connectivity index (χ4n) is 4.77. The van der Waals surface area contributed by atoms with Gasteiger partial charge < -0.3 is 5.32 Å². The van der Waals surface area contributed by atoms with Crippen molar-refractivity contribution in [2.75, 3.05) is 12.8 Å². The first-order valence-electron chi connectivity index (χ1n) is 11.6. The summed E-state index contributed by atoms with van der Waals surface area (Å²) in [6.07, 6.45) is 2.32. The molecule has 0 spiro atoms. The molecule has 1 aliphatic rings. The average Bonchev–Trinajstić information content (AvgIpc) is 3.32. The molecule has 1 heterocycles. The molecule has 7 nitrogen and oxygen atoms in total. The molecule has 1 amide bonds. The number of aromatic nitrogens is 2. The van der Waals surface area contributed by atoms with Crippen molar-refractivity contribution in [1.82, 2.24) is 15.1 Å². The maximum Gasteiger partial charge on any atom is 0.269 e. The van der Waals surface area contributed by atoms with E-state index < -0.39 is 33.5 Å². The zero-order valence-corrected chi connectivity index (χ0v) is 21.4. The number of halogens is 2. The van der Waals surface area contributed by atoms with Gasteiger partial charge in [-0.3, -0.25) is 4.79 Å². The lowest BCUT2D eigenvalue weighted by Gasteiger charge is -2.39. The number of hydrogen-bond donors (Lipinski definition) is 1. The van der Waals surface area contributed by atoms with Gasteiger partial charge in [0.15, 0.2) is 9.84 Å². The monoisotopic (exact) mass is 524 g/mol. The van der Waals surface area contributed by atoms with Crippen molar-refractivity contribution in [2.45, 2.75) is 42.9 Å². The Morgan fingerprint density at radius 1 is 1.14 bits per heavy atom. The van der Waals surface area contributed by atoms with Crippen LogP contribution in [0.25, 0.3) is 16.8 Å². The number of benzene rings is 2. The van der Waals surface area contributed by atoms with Gasteiger partial charge in [0, 0.05) is 41.0 Å². The Balaban J connectivity index is 1.96. The quantitative estimate of drug-likeness (QED) is 0.475. The van der Waals surface area contributed by atoms with Crippen LogP contribution in [0.3, 0.4) is 0 Å². The van der Waals surface area contributed by atoms with Crippen LogP contribution in [0.1, 0.15) is 32.4 Å². The molecule has 4 rings (SSSR count). The Bertz CT molecular complexity index is 1520. The first-order chi connectivity index (χ1) is 17.4. The van der Waals surface area contributed by atoms with Crippen molar-refractivity contribution < 1.29 is 22.0 Å². The number of carbonyl (C=O) groups excluding carboxylic acids is 1. The summed E-state index contributed by atoms with van der Waals surface area (Å²) in [6.45, 7) is 2.63. The maximum atomic E-state index is 14.9. The Morgan fingerprint density at radius 3 is 2.38 bits per heavy atom. The van der Waals surface area contributed by atoms with Crippen LogP contribution < -0.4 is 5.32 Å². The van der Waals surface area contributed by atoms with E-state index in [4.69, 9.17) is 10.4 Å². The number of amides is 1. The first-order valence-corrected chi connectivity index (χ1v) is 13.5. The highest BCUT2D eigenvalue weighted by Gasteiger charge is 2.50. The number of para-hydroxylation sites is 1. The van der Waals surface area contributed by atoms with Gasteiger partial charge >= 0.3 is 0 Å². The fraction of sp³-hybridized carbons (Fsp3) is 0.296. The van der Waals surface area contributed by atoms with E-state index in [-0.39, 0.29) is 29.0 Å². The molecule has 1 aromatic heterocycles. The number of nitrogens with one attached hydrogen (secondary N) is 1. The molecule has 0 saturated carbocycles.